The summed E-state index contributed by atoms with van der Waals surface area (Å²) in [4.78, 5) is 12.5. The summed E-state index contributed by atoms with van der Waals surface area (Å²) in [5.74, 6) is 0.222. The summed E-state index contributed by atoms with van der Waals surface area (Å²) in [5, 5.41) is 2.45. The SMILES string of the molecule is CC(C)CCOc1ccccc1C(=O)Nc1cc(C(F)(F)F)ccc1Cl. The average molecular weight is 386 g/mol. The van der Waals surface area contributed by atoms with E-state index in [1.54, 1.807) is 24.3 Å². The lowest BCUT2D eigenvalue weighted by Crippen LogP contribution is -2.15. The topological polar surface area (TPSA) is 38.3 Å². The van der Waals surface area contributed by atoms with Gasteiger partial charge in [-0.05, 0) is 42.7 Å². The molecular weight excluding hydrogens is 367 g/mol. The largest absolute Gasteiger partial charge is 0.493 e. The number of para-hydroxylation sites is 1. The Morgan fingerprint density at radius 3 is 2.54 bits per heavy atom. The van der Waals surface area contributed by atoms with Gasteiger partial charge in [0.15, 0.2) is 0 Å². The van der Waals surface area contributed by atoms with Crippen LogP contribution in [0.3, 0.4) is 0 Å². The number of halogens is 4. The van der Waals surface area contributed by atoms with Gasteiger partial charge in [-0.25, -0.2) is 0 Å². The summed E-state index contributed by atoms with van der Waals surface area (Å²) in [6, 6.07) is 9.33. The van der Waals surface area contributed by atoms with Crippen LogP contribution < -0.4 is 10.1 Å². The monoisotopic (exact) mass is 385 g/mol. The van der Waals surface area contributed by atoms with Crippen molar-refractivity contribution in [2.45, 2.75) is 26.4 Å². The van der Waals surface area contributed by atoms with E-state index in [-0.39, 0.29) is 16.3 Å². The molecule has 0 atom stereocenters. The molecule has 7 heteroatoms. The Kier molecular flexibility index (Phi) is 6.53. The predicted octanol–water partition coefficient (Wildman–Crippen LogP) is 6.04. The van der Waals surface area contributed by atoms with Crippen molar-refractivity contribution in [3.63, 3.8) is 0 Å². The minimum atomic E-state index is -4.53. The first kappa shape index (κ1) is 20.1. The summed E-state index contributed by atoms with van der Waals surface area (Å²) in [6.07, 6.45) is -3.71. The number of ether oxygens (including phenoxy) is 1. The third-order valence-corrected chi connectivity index (χ3v) is 3.96. The van der Waals surface area contributed by atoms with Gasteiger partial charge in [-0.3, -0.25) is 4.79 Å². The van der Waals surface area contributed by atoms with E-state index in [9.17, 15) is 18.0 Å². The quantitative estimate of drug-likeness (QED) is 0.658. The Balaban J connectivity index is 2.20. The molecule has 2 rings (SSSR count). The van der Waals surface area contributed by atoms with E-state index in [2.05, 4.69) is 19.2 Å². The number of amides is 1. The van der Waals surface area contributed by atoms with Gasteiger partial charge in [0, 0.05) is 0 Å². The highest BCUT2D eigenvalue weighted by Gasteiger charge is 2.31. The van der Waals surface area contributed by atoms with Crippen LogP contribution in [0.25, 0.3) is 0 Å². The van der Waals surface area contributed by atoms with Gasteiger partial charge in [0.2, 0.25) is 0 Å². The number of anilines is 1. The smallest absolute Gasteiger partial charge is 0.416 e. The first-order valence-electron chi connectivity index (χ1n) is 8.08. The lowest BCUT2D eigenvalue weighted by atomic mass is 10.1. The molecule has 0 bridgehead atoms. The molecule has 0 saturated carbocycles. The highest BCUT2D eigenvalue weighted by atomic mass is 35.5. The van der Waals surface area contributed by atoms with Gasteiger partial charge in [0.05, 0.1) is 28.4 Å². The maximum atomic E-state index is 12.9. The third-order valence-electron chi connectivity index (χ3n) is 3.63. The van der Waals surface area contributed by atoms with Crippen molar-refractivity contribution in [3.8, 4) is 5.75 Å². The molecule has 0 aliphatic carbocycles. The van der Waals surface area contributed by atoms with E-state index < -0.39 is 17.6 Å². The fourth-order valence-corrected chi connectivity index (χ4v) is 2.34. The normalized spacial score (nSPS) is 11.5. The van der Waals surface area contributed by atoms with Gasteiger partial charge in [0.1, 0.15) is 5.75 Å². The van der Waals surface area contributed by atoms with Crippen LogP contribution >= 0.6 is 11.6 Å². The average Bonchev–Trinajstić information content (AvgIpc) is 2.56. The second-order valence-corrected chi connectivity index (χ2v) is 6.58. The number of nitrogens with one attached hydrogen (secondary N) is 1. The number of alkyl halides is 3. The molecule has 3 nitrogen and oxygen atoms in total. The van der Waals surface area contributed by atoms with Crippen LogP contribution in [0.5, 0.6) is 5.75 Å². The Morgan fingerprint density at radius 1 is 1.19 bits per heavy atom. The standard InChI is InChI=1S/C19H19ClF3NO2/c1-12(2)9-10-26-17-6-4-3-5-14(17)18(25)24-16-11-13(19(21,22)23)7-8-15(16)20/h3-8,11-12H,9-10H2,1-2H3,(H,24,25). The van der Waals surface area contributed by atoms with E-state index in [1.807, 2.05) is 0 Å². The van der Waals surface area contributed by atoms with Crippen molar-refractivity contribution in [2.24, 2.45) is 5.92 Å². The van der Waals surface area contributed by atoms with Crippen LogP contribution in [-0.4, -0.2) is 12.5 Å². The number of hydrogen-bond donors (Lipinski definition) is 1. The van der Waals surface area contributed by atoms with Gasteiger partial charge in [-0.1, -0.05) is 37.6 Å². The maximum Gasteiger partial charge on any atom is 0.416 e. The zero-order chi connectivity index (χ0) is 19.3. The van der Waals surface area contributed by atoms with Crippen molar-refractivity contribution in [3.05, 3.63) is 58.6 Å². The first-order chi connectivity index (χ1) is 12.2. The second kappa shape index (κ2) is 8.45. The van der Waals surface area contributed by atoms with Crippen LogP contribution in [0.2, 0.25) is 5.02 Å². The number of hydrogen-bond acceptors (Lipinski definition) is 2. The fourth-order valence-electron chi connectivity index (χ4n) is 2.17. The van der Waals surface area contributed by atoms with Crippen molar-refractivity contribution in [1.29, 1.82) is 0 Å². The molecule has 2 aromatic rings. The maximum absolute atomic E-state index is 12.9. The molecule has 26 heavy (non-hydrogen) atoms. The zero-order valence-electron chi connectivity index (χ0n) is 14.4. The third kappa shape index (κ3) is 5.39. The van der Waals surface area contributed by atoms with Gasteiger partial charge < -0.3 is 10.1 Å². The Hall–Kier alpha value is -2.21. The number of rotatable bonds is 6. The number of benzene rings is 2. The lowest BCUT2D eigenvalue weighted by Gasteiger charge is -2.14. The van der Waals surface area contributed by atoms with Gasteiger partial charge in [0.25, 0.3) is 5.91 Å². The number of carbonyl (C=O) groups is 1. The van der Waals surface area contributed by atoms with Crippen LogP contribution in [-0.2, 0) is 6.18 Å². The summed E-state index contributed by atoms with van der Waals surface area (Å²) in [5.41, 5.74) is -0.771. The van der Waals surface area contributed by atoms with Crippen molar-refractivity contribution in [2.75, 3.05) is 11.9 Å². The van der Waals surface area contributed by atoms with Crippen LogP contribution in [0.4, 0.5) is 18.9 Å². The Labute approximate surface area is 155 Å². The molecule has 0 fully saturated rings. The van der Waals surface area contributed by atoms with Crippen LogP contribution in [0, 0.1) is 5.92 Å². The summed E-state index contributed by atoms with van der Waals surface area (Å²) in [7, 11) is 0. The van der Waals surface area contributed by atoms with Gasteiger partial charge >= 0.3 is 6.18 Å². The molecule has 2 aromatic carbocycles. The molecule has 0 radical (unpaired) electrons. The highest BCUT2D eigenvalue weighted by Crippen LogP contribution is 2.34. The van der Waals surface area contributed by atoms with Crippen molar-refractivity contribution < 1.29 is 22.7 Å². The van der Waals surface area contributed by atoms with Crippen LogP contribution in [0.1, 0.15) is 36.2 Å². The molecule has 1 N–H and O–H groups in total. The van der Waals surface area contributed by atoms with Crippen molar-refractivity contribution in [1.82, 2.24) is 0 Å². The molecule has 0 saturated heterocycles. The molecule has 0 unspecified atom stereocenters. The molecule has 0 aliphatic rings. The lowest BCUT2D eigenvalue weighted by molar-refractivity contribution is -0.137. The zero-order valence-corrected chi connectivity index (χ0v) is 15.1. The molecule has 0 aromatic heterocycles. The van der Waals surface area contributed by atoms with E-state index in [0.29, 0.717) is 18.3 Å². The Morgan fingerprint density at radius 2 is 1.88 bits per heavy atom. The van der Waals surface area contributed by atoms with Gasteiger partial charge in [-0.15, -0.1) is 0 Å². The first-order valence-corrected chi connectivity index (χ1v) is 8.46. The Bertz CT molecular complexity index is 776. The highest BCUT2D eigenvalue weighted by molar-refractivity contribution is 6.34. The summed E-state index contributed by atoms with van der Waals surface area (Å²) in [6.45, 7) is 4.54. The van der Waals surface area contributed by atoms with Crippen molar-refractivity contribution >= 4 is 23.2 Å². The molecule has 0 spiro atoms. The van der Waals surface area contributed by atoms with Gasteiger partial charge in [-0.2, -0.15) is 13.2 Å². The minimum Gasteiger partial charge on any atom is -0.493 e. The van der Waals surface area contributed by atoms with Crippen LogP contribution in [0.15, 0.2) is 42.5 Å². The molecule has 0 aliphatic heterocycles. The van der Waals surface area contributed by atoms with E-state index >= 15 is 0 Å². The minimum absolute atomic E-state index is 0.0181. The molecule has 0 heterocycles. The number of carbonyl (C=O) groups excluding carboxylic acids is 1. The summed E-state index contributed by atoms with van der Waals surface area (Å²) < 4.78 is 44.2. The molecule has 1 amide bonds. The van der Waals surface area contributed by atoms with E-state index in [1.165, 1.54) is 0 Å². The summed E-state index contributed by atoms with van der Waals surface area (Å²) >= 11 is 5.92. The molecule has 140 valence electrons. The van der Waals surface area contributed by atoms with E-state index in [4.69, 9.17) is 16.3 Å². The second-order valence-electron chi connectivity index (χ2n) is 6.17. The predicted molar refractivity (Wildman–Crippen MR) is 95.8 cm³/mol. The molecular formula is C19H19ClF3NO2. The van der Waals surface area contributed by atoms with E-state index in [0.717, 1.165) is 24.6 Å². The fraction of sp³-hybridized carbons (Fsp3) is 0.316.